The van der Waals surface area contributed by atoms with Crippen LogP contribution in [0.5, 0.6) is 0 Å². The van der Waals surface area contributed by atoms with Crippen LogP contribution >= 0.6 is 0 Å². The van der Waals surface area contributed by atoms with Crippen molar-refractivity contribution >= 4 is 12.1 Å². The van der Waals surface area contributed by atoms with Crippen molar-refractivity contribution in [3.8, 4) is 11.3 Å². The maximum atomic E-state index is 12.6. The van der Waals surface area contributed by atoms with E-state index in [4.69, 9.17) is 5.73 Å². The third-order valence-corrected chi connectivity index (χ3v) is 2.54. The molecule has 2 aromatic rings. The number of pyridine rings is 1. The van der Waals surface area contributed by atoms with Crippen LogP contribution in [0.1, 0.15) is 15.9 Å². The van der Waals surface area contributed by atoms with Crippen LogP contribution in [0.2, 0.25) is 0 Å². The lowest BCUT2D eigenvalue weighted by Gasteiger charge is -2.10. The first kappa shape index (κ1) is 13.1. The van der Waals surface area contributed by atoms with Crippen LogP contribution in [0.15, 0.2) is 36.4 Å². The molecule has 0 spiro atoms. The molecule has 1 aromatic heterocycles. The summed E-state index contributed by atoms with van der Waals surface area (Å²) >= 11 is 0. The summed E-state index contributed by atoms with van der Waals surface area (Å²) in [5.41, 5.74) is 5.22. The highest BCUT2D eigenvalue weighted by Gasteiger charge is 2.30. The molecule has 0 aliphatic heterocycles. The Morgan fingerprint density at radius 3 is 2.53 bits per heavy atom. The van der Waals surface area contributed by atoms with Crippen LogP contribution in [0.3, 0.4) is 0 Å². The fraction of sp³-hybridized carbons (Fsp3) is 0.0769. The van der Waals surface area contributed by atoms with Crippen LogP contribution in [0, 0.1) is 0 Å². The number of rotatable bonds is 2. The van der Waals surface area contributed by atoms with Crippen LogP contribution in [0.25, 0.3) is 11.3 Å². The number of nitrogens with two attached hydrogens (primary N) is 1. The average Bonchev–Trinajstić information content (AvgIpc) is 2.38. The lowest BCUT2D eigenvalue weighted by Crippen LogP contribution is -2.05. The maximum Gasteiger partial charge on any atom is 0.416 e. The first-order valence-electron chi connectivity index (χ1n) is 5.31. The Hall–Kier alpha value is -2.37. The van der Waals surface area contributed by atoms with Crippen LogP contribution in [-0.2, 0) is 6.18 Å². The number of aromatic nitrogens is 1. The van der Waals surface area contributed by atoms with Crippen molar-refractivity contribution in [2.24, 2.45) is 0 Å². The molecule has 6 heteroatoms. The molecule has 2 N–H and O–H groups in total. The number of nitrogens with zero attached hydrogens (tertiary/aromatic N) is 1. The largest absolute Gasteiger partial charge is 0.416 e. The predicted octanol–water partition coefficient (Wildman–Crippen LogP) is 3.16. The predicted molar refractivity (Wildman–Crippen MR) is 64.5 cm³/mol. The molecule has 1 heterocycles. The van der Waals surface area contributed by atoms with Crippen molar-refractivity contribution in [1.82, 2.24) is 4.98 Å². The number of hydrogen-bond donors (Lipinski definition) is 1. The van der Waals surface area contributed by atoms with Gasteiger partial charge < -0.3 is 5.73 Å². The average molecular weight is 266 g/mol. The summed E-state index contributed by atoms with van der Waals surface area (Å²) < 4.78 is 37.9. The van der Waals surface area contributed by atoms with E-state index in [1.165, 1.54) is 24.3 Å². The monoisotopic (exact) mass is 266 g/mol. The van der Waals surface area contributed by atoms with E-state index in [0.717, 1.165) is 12.1 Å². The second-order valence-electron chi connectivity index (χ2n) is 3.87. The van der Waals surface area contributed by atoms with Gasteiger partial charge in [-0.05, 0) is 24.3 Å². The minimum Gasteiger partial charge on any atom is -0.384 e. The lowest BCUT2D eigenvalue weighted by atomic mass is 10.0. The van der Waals surface area contributed by atoms with Gasteiger partial charge >= 0.3 is 6.18 Å². The van der Waals surface area contributed by atoms with E-state index >= 15 is 0 Å². The molecule has 0 amide bonds. The zero-order chi connectivity index (χ0) is 14.0. The van der Waals surface area contributed by atoms with Crippen molar-refractivity contribution in [2.75, 3.05) is 5.73 Å². The molecule has 1 aromatic carbocycles. The smallest absolute Gasteiger partial charge is 0.384 e. The summed E-state index contributed by atoms with van der Waals surface area (Å²) in [6.45, 7) is 0. The van der Waals surface area contributed by atoms with Crippen molar-refractivity contribution < 1.29 is 18.0 Å². The second kappa shape index (κ2) is 4.72. The summed E-state index contributed by atoms with van der Waals surface area (Å²) in [5.74, 6) is 0.137. The summed E-state index contributed by atoms with van der Waals surface area (Å²) in [4.78, 5) is 14.8. The third kappa shape index (κ3) is 2.73. The number of aldehydes is 1. The molecular weight excluding hydrogens is 257 g/mol. The number of carbonyl (C=O) groups is 1. The highest BCUT2D eigenvalue weighted by Crippen LogP contribution is 2.32. The minimum atomic E-state index is -4.45. The van der Waals surface area contributed by atoms with Gasteiger partial charge in [-0.1, -0.05) is 12.1 Å². The van der Waals surface area contributed by atoms with Crippen molar-refractivity contribution in [1.29, 1.82) is 0 Å². The third-order valence-electron chi connectivity index (χ3n) is 2.54. The highest BCUT2D eigenvalue weighted by atomic mass is 19.4. The van der Waals surface area contributed by atoms with Crippen LogP contribution in [0.4, 0.5) is 19.0 Å². The van der Waals surface area contributed by atoms with Gasteiger partial charge in [0.1, 0.15) is 5.82 Å². The van der Waals surface area contributed by atoms with Crippen molar-refractivity contribution in [3.63, 3.8) is 0 Å². The number of alkyl halides is 3. The van der Waals surface area contributed by atoms with Gasteiger partial charge in [0.15, 0.2) is 6.29 Å². The first-order valence-corrected chi connectivity index (χ1v) is 5.31. The summed E-state index contributed by atoms with van der Waals surface area (Å²) in [7, 11) is 0. The van der Waals surface area contributed by atoms with E-state index in [1.54, 1.807) is 0 Å². The van der Waals surface area contributed by atoms with Crippen LogP contribution < -0.4 is 5.73 Å². The summed E-state index contributed by atoms with van der Waals surface area (Å²) in [6.07, 6.45) is -3.92. The van der Waals surface area contributed by atoms with Gasteiger partial charge in [-0.2, -0.15) is 13.2 Å². The summed E-state index contributed by atoms with van der Waals surface area (Å²) in [5, 5.41) is 0. The number of hydrogen-bond acceptors (Lipinski definition) is 3. The van der Waals surface area contributed by atoms with Gasteiger partial charge in [0.2, 0.25) is 0 Å². The second-order valence-corrected chi connectivity index (χ2v) is 3.87. The van der Waals surface area contributed by atoms with E-state index in [1.807, 2.05) is 0 Å². The zero-order valence-electron chi connectivity index (χ0n) is 9.61. The molecule has 3 nitrogen and oxygen atoms in total. The van der Waals surface area contributed by atoms with Gasteiger partial charge in [0.25, 0.3) is 0 Å². The summed E-state index contributed by atoms with van der Waals surface area (Å²) in [6, 6.07) is 7.44. The number of carbonyl (C=O) groups excluding carboxylic acids is 1. The molecule has 0 radical (unpaired) electrons. The molecule has 2 rings (SSSR count). The molecule has 0 bridgehead atoms. The van der Waals surface area contributed by atoms with Crippen LogP contribution in [-0.4, -0.2) is 11.3 Å². The number of anilines is 1. The molecule has 19 heavy (non-hydrogen) atoms. The van der Waals surface area contributed by atoms with Gasteiger partial charge in [-0.25, -0.2) is 4.98 Å². The Labute approximate surface area is 106 Å². The lowest BCUT2D eigenvalue weighted by molar-refractivity contribution is -0.137. The van der Waals surface area contributed by atoms with Gasteiger partial charge in [-0.15, -0.1) is 0 Å². The van der Waals surface area contributed by atoms with E-state index < -0.39 is 11.7 Å². The molecule has 0 fully saturated rings. The number of halogens is 3. The molecule has 0 saturated heterocycles. The van der Waals surface area contributed by atoms with Gasteiger partial charge in [0.05, 0.1) is 11.3 Å². The molecule has 0 saturated carbocycles. The Bertz CT molecular complexity index is 624. The minimum absolute atomic E-state index is 0.137. The quantitative estimate of drug-likeness (QED) is 0.849. The molecular formula is C13H9F3N2O. The fourth-order valence-electron chi connectivity index (χ4n) is 1.65. The van der Waals surface area contributed by atoms with E-state index in [2.05, 4.69) is 4.98 Å². The Kier molecular flexibility index (Phi) is 3.25. The number of benzene rings is 1. The molecule has 0 aliphatic rings. The van der Waals surface area contributed by atoms with E-state index in [9.17, 15) is 18.0 Å². The molecule has 98 valence electrons. The van der Waals surface area contributed by atoms with Gasteiger partial charge in [0, 0.05) is 11.1 Å². The zero-order valence-corrected chi connectivity index (χ0v) is 9.61. The topological polar surface area (TPSA) is 56.0 Å². The molecule has 0 aliphatic carbocycles. The SMILES string of the molecule is Nc1ccc(C=O)c(-c2cccc(C(F)(F)F)c2)n1. The Morgan fingerprint density at radius 2 is 1.89 bits per heavy atom. The van der Waals surface area contributed by atoms with E-state index in [0.29, 0.717) is 6.29 Å². The normalized spacial score (nSPS) is 11.3. The standard InChI is InChI=1S/C13H9F3N2O/c14-13(15,16)10-3-1-2-8(6-10)12-9(7-19)4-5-11(17)18-12/h1-7H,(H2,17,18). The van der Waals surface area contributed by atoms with Crippen molar-refractivity contribution in [2.45, 2.75) is 6.18 Å². The van der Waals surface area contributed by atoms with Gasteiger partial charge in [-0.3, -0.25) is 4.79 Å². The Balaban J connectivity index is 2.59. The molecule has 0 unspecified atom stereocenters. The first-order chi connectivity index (χ1) is 8.91. The highest BCUT2D eigenvalue weighted by molar-refractivity contribution is 5.86. The maximum absolute atomic E-state index is 12.6. The fourth-order valence-corrected chi connectivity index (χ4v) is 1.65. The number of nitrogen functional groups attached to an aromatic ring is 1. The van der Waals surface area contributed by atoms with E-state index in [-0.39, 0.29) is 22.6 Å². The Morgan fingerprint density at radius 1 is 1.16 bits per heavy atom. The molecule has 0 atom stereocenters. The van der Waals surface area contributed by atoms with Crippen molar-refractivity contribution in [3.05, 3.63) is 47.5 Å².